The standard InChI is InChI=1S/C13H17NS/c1-14(10-6-12-15-2)11-9-13-7-4-3-5-8-13/h3-9,11-12H,10H2,1-2H3/b11-9+,12-6+. The molecular weight excluding hydrogens is 202 g/mol. The summed E-state index contributed by atoms with van der Waals surface area (Å²) in [5.74, 6) is 0. The molecule has 1 aromatic rings. The van der Waals surface area contributed by atoms with Crippen LogP contribution in [0.2, 0.25) is 0 Å². The van der Waals surface area contributed by atoms with Crippen molar-refractivity contribution in [3.63, 3.8) is 0 Å². The highest BCUT2D eigenvalue weighted by atomic mass is 32.2. The summed E-state index contributed by atoms with van der Waals surface area (Å²) in [6.45, 7) is 0.949. The van der Waals surface area contributed by atoms with E-state index in [-0.39, 0.29) is 0 Å². The van der Waals surface area contributed by atoms with E-state index in [0.717, 1.165) is 6.54 Å². The second-order valence-corrected chi connectivity index (χ2v) is 4.02. The number of likely N-dealkylation sites (N-methyl/N-ethyl adjacent to an activating group) is 1. The Kier molecular flexibility index (Phi) is 5.71. The summed E-state index contributed by atoms with van der Waals surface area (Å²) in [7, 11) is 2.07. The lowest BCUT2D eigenvalue weighted by Crippen LogP contribution is -2.09. The van der Waals surface area contributed by atoms with Gasteiger partial charge in [0.1, 0.15) is 0 Å². The summed E-state index contributed by atoms with van der Waals surface area (Å²) >= 11 is 1.73. The topological polar surface area (TPSA) is 3.24 Å². The lowest BCUT2D eigenvalue weighted by atomic mass is 10.2. The molecule has 0 fully saturated rings. The zero-order valence-electron chi connectivity index (χ0n) is 9.26. The number of hydrogen-bond acceptors (Lipinski definition) is 2. The molecule has 0 saturated carbocycles. The van der Waals surface area contributed by atoms with Crippen LogP contribution in [0.5, 0.6) is 0 Å². The Bertz CT molecular complexity index is 317. The summed E-state index contributed by atoms with van der Waals surface area (Å²) in [5.41, 5.74) is 1.23. The van der Waals surface area contributed by atoms with Crippen molar-refractivity contribution in [2.45, 2.75) is 0 Å². The molecule has 0 atom stereocenters. The van der Waals surface area contributed by atoms with Gasteiger partial charge in [0, 0.05) is 13.6 Å². The maximum absolute atomic E-state index is 2.15. The van der Waals surface area contributed by atoms with Gasteiger partial charge in [0.2, 0.25) is 0 Å². The number of thioether (sulfide) groups is 1. The summed E-state index contributed by atoms with van der Waals surface area (Å²) < 4.78 is 0. The highest BCUT2D eigenvalue weighted by Gasteiger charge is 1.86. The van der Waals surface area contributed by atoms with Crippen LogP contribution in [0.1, 0.15) is 5.56 Å². The second kappa shape index (κ2) is 7.18. The first-order chi connectivity index (χ1) is 7.33. The van der Waals surface area contributed by atoms with E-state index in [9.17, 15) is 0 Å². The minimum atomic E-state index is 0.949. The Morgan fingerprint density at radius 2 is 2.00 bits per heavy atom. The third-order valence-corrected chi connectivity index (χ3v) is 2.41. The molecule has 0 unspecified atom stereocenters. The fourth-order valence-electron chi connectivity index (χ4n) is 1.14. The monoisotopic (exact) mass is 219 g/mol. The zero-order valence-corrected chi connectivity index (χ0v) is 10.1. The Morgan fingerprint density at radius 1 is 1.27 bits per heavy atom. The van der Waals surface area contributed by atoms with Crippen molar-refractivity contribution in [1.82, 2.24) is 4.90 Å². The van der Waals surface area contributed by atoms with E-state index in [1.54, 1.807) is 11.8 Å². The van der Waals surface area contributed by atoms with Gasteiger partial charge >= 0.3 is 0 Å². The molecule has 0 aliphatic heterocycles. The average Bonchev–Trinajstić information content (AvgIpc) is 2.28. The maximum atomic E-state index is 2.15. The molecule has 2 heteroatoms. The normalized spacial score (nSPS) is 11.3. The van der Waals surface area contributed by atoms with Gasteiger partial charge in [0.05, 0.1) is 0 Å². The molecule has 0 amide bonds. The van der Waals surface area contributed by atoms with Gasteiger partial charge in [-0.1, -0.05) is 36.4 Å². The van der Waals surface area contributed by atoms with E-state index in [0.29, 0.717) is 0 Å². The first-order valence-electron chi connectivity index (χ1n) is 4.94. The number of benzene rings is 1. The average molecular weight is 219 g/mol. The van der Waals surface area contributed by atoms with Crippen LogP contribution in [-0.2, 0) is 0 Å². The lowest BCUT2D eigenvalue weighted by molar-refractivity contribution is 0.513. The molecule has 0 aliphatic rings. The molecular formula is C13H17NS. The molecule has 0 heterocycles. The first kappa shape index (κ1) is 11.9. The molecule has 1 rings (SSSR count). The number of nitrogens with zero attached hydrogens (tertiary/aromatic N) is 1. The maximum Gasteiger partial charge on any atom is 0.0358 e. The van der Waals surface area contributed by atoms with E-state index < -0.39 is 0 Å². The van der Waals surface area contributed by atoms with E-state index in [4.69, 9.17) is 0 Å². The molecule has 1 aromatic carbocycles. The van der Waals surface area contributed by atoms with Crippen LogP contribution in [0.4, 0.5) is 0 Å². The van der Waals surface area contributed by atoms with Crippen molar-refractivity contribution in [3.8, 4) is 0 Å². The predicted octanol–water partition coefficient (Wildman–Crippen LogP) is 3.47. The molecule has 0 aliphatic carbocycles. The van der Waals surface area contributed by atoms with Gasteiger partial charge in [-0.05, 0) is 29.5 Å². The summed E-state index contributed by atoms with van der Waals surface area (Å²) in [6.07, 6.45) is 8.43. The van der Waals surface area contributed by atoms with Gasteiger partial charge in [-0.3, -0.25) is 0 Å². The van der Waals surface area contributed by atoms with Crippen LogP contribution < -0.4 is 0 Å². The first-order valence-corrected chi connectivity index (χ1v) is 6.23. The van der Waals surface area contributed by atoms with Gasteiger partial charge in [0.15, 0.2) is 0 Å². The Labute approximate surface area is 96.5 Å². The van der Waals surface area contributed by atoms with Crippen molar-refractivity contribution >= 4 is 17.8 Å². The minimum Gasteiger partial charge on any atom is -0.377 e. The molecule has 0 radical (unpaired) electrons. The highest BCUT2D eigenvalue weighted by Crippen LogP contribution is 2.02. The molecule has 0 aromatic heterocycles. The van der Waals surface area contributed by atoms with Crippen LogP contribution >= 0.6 is 11.8 Å². The van der Waals surface area contributed by atoms with E-state index >= 15 is 0 Å². The predicted molar refractivity (Wildman–Crippen MR) is 70.8 cm³/mol. The molecule has 0 bridgehead atoms. The highest BCUT2D eigenvalue weighted by molar-refractivity contribution is 8.01. The van der Waals surface area contributed by atoms with E-state index in [1.807, 2.05) is 18.2 Å². The van der Waals surface area contributed by atoms with Crippen LogP contribution in [0.15, 0.2) is 48.0 Å². The van der Waals surface area contributed by atoms with Crippen molar-refractivity contribution in [3.05, 3.63) is 53.6 Å². The molecule has 15 heavy (non-hydrogen) atoms. The second-order valence-electron chi connectivity index (χ2n) is 3.27. The van der Waals surface area contributed by atoms with Crippen molar-refractivity contribution < 1.29 is 0 Å². The Morgan fingerprint density at radius 3 is 2.67 bits per heavy atom. The minimum absolute atomic E-state index is 0.949. The SMILES string of the molecule is CS/C=C/CN(C)/C=C/c1ccccc1. The summed E-state index contributed by atoms with van der Waals surface area (Å²) in [5, 5.41) is 2.10. The number of rotatable bonds is 5. The molecule has 0 N–H and O–H groups in total. The van der Waals surface area contributed by atoms with Gasteiger partial charge in [-0.15, -0.1) is 11.8 Å². The van der Waals surface area contributed by atoms with Crippen molar-refractivity contribution in [2.24, 2.45) is 0 Å². The van der Waals surface area contributed by atoms with Crippen LogP contribution in [0.25, 0.3) is 6.08 Å². The fourth-order valence-corrected chi connectivity index (χ4v) is 1.42. The van der Waals surface area contributed by atoms with Crippen molar-refractivity contribution in [1.29, 1.82) is 0 Å². The third-order valence-electron chi connectivity index (χ3n) is 1.95. The van der Waals surface area contributed by atoms with E-state index in [1.165, 1.54) is 5.56 Å². The van der Waals surface area contributed by atoms with Crippen molar-refractivity contribution in [2.75, 3.05) is 19.8 Å². The summed E-state index contributed by atoms with van der Waals surface area (Å²) in [6, 6.07) is 10.3. The number of hydrogen-bond donors (Lipinski definition) is 0. The van der Waals surface area contributed by atoms with E-state index in [2.05, 4.69) is 54.1 Å². The summed E-state index contributed by atoms with van der Waals surface area (Å²) in [4.78, 5) is 2.15. The quantitative estimate of drug-likeness (QED) is 0.746. The van der Waals surface area contributed by atoms with Gasteiger partial charge in [-0.2, -0.15) is 0 Å². The lowest BCUT2D eigenvalue weighted by Gasteiger charge is -2.09. The van der Waals surface area contributed by atoms with Crippen LogP contribution in [0.3, 0.4) is 0 Å². The largest absolute Gasteiger partial charge is 0.377 e. The molecule has 1 nitrogen and oxygen atoms in total. The fraction of sp³-hybridized carbons (Fsp3) is 0.231. The smallest absolute Gasteiger partial charge is 0.0358 e. The van der Waals surface area contributed by atoms with Gasteiger partial charge in [0.25, 0.3) is 0 Å². The van der Waals surface area contributed by atoms with Gasteiger partial charge in [-0.25, -0.2) is 0 Å². The zero-order chi connectivity index (χ0) is 10.9. The Hall–Kier alpha value is -1.15. The molecule has 80 valence electrons. The van der Waals surface area contributed by atoms with Crippen LogP contribution in [0, 0.1) is 0 Å². The van der Waals surface area contributed by atoms with Crippen LogP contribution in [-0.4, -0.2) is 24.7 Å². The Balaban J connectivity index is 2.41. The van der Waals surface area contributed by atoms with Gasteiger partial charge < -0.3 is 4.90 Å². The molecule has 0 spiro atoms. The third kappa shape index (κ3) is 5.33. The molecule has 0 saturated heterocycles.